The van der Waals surface area contributed by atoms with Crippen LogP contribution in [0.4, 0.5) is 0 Å². The van der Waals surface area contributed by atoms with Crippen LogP contribution in [0.5, 0.6) is 0 Å². The fraction of sp³-hybridized carbons (Fsp3) is 0.933. The van der Waals surface area contributed by atoms with Crippen molar-refractivity contribution in [3.05, 3.63) is 0 Å². The Kier molecular flexibility index (Phi) is 4.31. The Morgan fingerprint density at radius 3 is 2.56 bits per heavy atom. The maximum atomic E-state index is 12.5. The lowest BCUT2D eigenvalue weighted by atomic mass is 9.83. The van der Waals surface area contributed by atoms with Gasteiger partial charge in [-0.25, -0.2) is 0 Å². The first-order chi connectivity index (χ1) is 8.54. The summed E-state index contributed by atoms with van der Waals surface area (Å²) >= 11 is 0. The highest BCUT2D eigenvalue weighted by atomic mass is 16.2. The summed E-state index contributed by atoms with van der Waals surface area (Å²) in [6.07, 6.45) is 9.28. The van der Waals surface area contributed by atoms with Crippen molar-refractivity contribution in [1.29, 1.82) is 0 Å². The van der Waals surface area contributed by atoms with Crippen LogP contribution in [0, 0.1) is 11.3 Å². The van der Waals surface area contributed by atoms with Gasteiger partial charge >= 0.3 is 0 Å². The molecule has 2 rings (SSSR count). The Hall–Kier alpha value is -0.570. The number of hydrogen-bond donors (Lipinski definition) is 2. The maximum Gasteiger partial charge on any atom is 0.227 e. The first kappa shape index (κ1) is 13.9. The molecule has 2 aliphatic rings. The van der Waals surface area contributed by atoms with Gasteiger partial charge in [0.2, 0.25) is 5.91 Å². The largest absolute Gasteiger partial charge is 0.353 e. The van der Waals surface area contributed by atoms with Crippen molar-refractivity contribution >= 4 is 5.91 Å². The number of rotatable bonds is 2. The molecule has 0 aromatic heterocycles. The summed E-state index contributed by atoms with van der Waals surface area (Å²) in [6.45, 7) is 4.31. The standard InChI is InChI=1S/C15H28N2O/c1-11-7-4-3-5-8-12(11)17-14(18)15(2)10-6-9-13(15)16/h11-13H,3-10,16H2,1-2H3,(H,17,18). The summed E-state index contributed by atoms with van der Waals surface area (Å²) in [5.74, 6) is 0.809. The molecule has 0 heterocycles. The van der Waals surface area contributed by atoms with Crippen LogP contribution < -0.4 is 11.1 Å². The topological polar surface area (TPSA) is 55.1 Å². The smallest absolute Gasteiger partial charge is 0.227 e. The zero-order chi connectivity index (χ0) is 13.2. The van der Waals surface area contributed by atoms with Crippen molar-refractivity contribution in [3.63, 3.8) is 0 Å². The van der Waals surface area contributed by atoms with Crippen LogP contribution in [0.1, 0.15) is 65.2 Å². The molecule has 4 atom stereocenters. The maximum absolute atomic E-state index is 12.5. The van der Waals surface area contributed by atoms with Crippen LogP contribution in [-0.2, 0) is 4.79 Å². The average molecular weight is 252 g/mol. The Bertz CT molecular complexity index is 305. The van der Waals surface area contributed by atoms with Gasteiger partial charge in [-0.05, 0) is 38.5 Å². The molecule has 0 aromatic carbocycles. The first-order valence-electron chi connectivity index (χ1n) is 7.60. The predicted octanol–water partition coefficient (Wildman–Crippen LogP) is 2.59. The van der Waals surface area contributed by atoms with Crippen LogP contribution in [0.3, 0.4) is 0 Å². The van der Waals surface area contributed by atoms with Crippen molar-refractivity contribution in [3.8, 4) is 0 Å². The lowest BCUT2D eigenvalue weighted by Gasteiger charge is -2.32. The molecule has 0 spiro atoms. The van der Waals surface area contributed by atoms with Crippen LogP contribution in [0.15, 0.2) is 0 Å². The minimum absolute atomic E-state index is 0.0404. The van der Waals surface area contributed by atoms with Crippen molar-refractivity contribution in [2.45, 2.75) is 77.3 Å². The van der Waals surface area contributed by atoms with E-state index in [4.69, 9.17) is 5.73 Å². The molecular weight excluding hydrogens is 224 g/mol. The van der Waals surface area contributed by atoms with E-state index in [2.05, 4.69) is 12.2 Å². The molecule has 3 nitrogen and oxygen atoms in total. The Labute approximate surface area is 111 Å². The Morgan fingerprint density at radius 2 is 1.89 bits per heavy atom. The summed E-state index contributed by atoms with van der Waals surface area (Å²) in [7, 11) is 0. The van der Waals surface area contributed by atoms with Crippen molar-refractivity contribution < 1.29 is 4.79 Å². The van der Waals surface area contributed by atoms with Gasteiger partial charge in [0.05, 0.1) is 5.41 Å². The van der Waals surface area contributed by atoms with Gasteiger partial charge in [0, 0.05) is 12.1 Å². The number of carbonyl (C=O) groups excluding carboxylic acids is 1. The quantitative estimate of drug-likeness (QED) is 0.742. The van der Waals surface area contributed by atoms with Crippen LogP contribution in [0.25, 0.3) is 0 Å². The van der Waals surface area contributed by atoms with Gasteiger partial charge in [0.1, 0.15) is 0 Å². The zero-order valence-corrected chi connectivity index (χ0v) is 11.9. The Morgan fingerprint density at radius 1 is 1.17 bits per heavy atom. The van der Waals surface area contributed by atoms with Crippen molar-refractivity contribution in [1.82, 2.24) is 5.32 Å². The molecular formula is C15H28N2O. The SMILES string of the molecule is CC1CCCCCC1NC(=O)C1(C)CCCC1N. The van der Waals surface area contributed by atoms with E-state index < -0.39 is 0 Å². The van der Waals surface area contributed by atoms with Gasteiger partial charge in [-0.3, -0.25) is 4.79 Å². The molecule has 0 aliphatic heterocycles. The number of amides is 1. The highest BCUT2D eigenvalue weighted by Gasteiger charge is 2.43. The second-order valence-electron chi connectivity index (χ2n) is 6.61. The highest BCUT2D eigenvalue weighted by molar-refractivity contribution is 5.83. The van der Waals surface area contributed by atoms with E-state index in [1.807, 2.05) is 6.92 Å². The minimum Gasteiger partial charge on any atom is -0.353 e. The molecule has 2 saturated carbocycles. The number of nitrogens with two attached hydrogens (primary N) is 1. The van der Waals surface area contributed by atoms with Gasteiger partial charge in [0.25, 0.3) is 0 Å². The molecule has 3 heteroatoms. The van der Waals surface area contributed by atoms with Gasteiger partial charge < -0.3 is 11.1 Å². The summed E-state index contributed by atoms with van der Waals surface area (Å²) in [5, 5.41) is 3.30. The van der Waals surface area contributed by atoms with Crippen molar-refractivity contribution in [2.24, 2.45) is 17.1 Å². The van der Waals surface area contributed by atoms with Gasteiger partial charge in [-0.1, -0.05) is 32.6 Å². The average Bonchev–Trinajstić information content (AvgIpc) is 2.56. The second-order valence-corrected chi connectivity index (χ2v) is 6.61. The summed E-state index contributed by atoms with van der Waals surface area (Å²) in [4.78, 5) is 12.5. The van der Waals surface area contributed by atoms with Crippen LogP contribution in [-0.4, -0.2) is 18.0 Å². The van der Waals surface area contributed by atoms with E-state index in [1.54, 1.807) is 0 Å². The molecule has 2 aliphatic carbocycles. The third-order valence-corrected chi connectivity index (χ3v) is 5.23. The summed E-state index contributed by atoms with van der Waals surface area (Å²) < 4.78 is 0. The molecule has 4 unspecified atom stereocenters. The molecule has 18 heavy (non-hydrogen) atoms. The first-order valence-corrected chi connectivity index (χ1v) is 7.60. The lowest BCUT2D eigenvalue weighted by Crippen LogP contribution is -2.51. The molecule has 104 valence electrons. The van der Waals surface area contributed by atoms with Crippen LogP contribution in [0.2, 0.25) is 0 Å². The third kappa shape index (κ3) is 2.71. The normalized spacial score (nSPS) is 41.4. The van der Waals surface area contributed by atoms with E-state index in [-0.39, 0.29) is 17.4 Å². The number of nitrogens with one attached hydrogen (secondary N) is 1. The fourth-order valence-corrected chi connectivity index (χ4v) is 3.52. The number of hydrogen-bond acceptors (Lipinski definition) is 2. The predicted molar refractivity (Wildman–Crippen MR) is 74.1 cm³/mol. The van der Waals surface area contributed by atoms with E-state index >= 15 is 0 Å². The van der Waals surface area contributed by atoms with E-state index in [1.165, 1.54) is 25.7 Å². The lowest BCUT2D eigenvalue weighted by molar-refractivity contribution is -0.131. The fourth-order valence-electron chi connectivity index (χ4n) is 3.52. The minimum atomic E-state index is -0.327. The molecule has 0 bridgehead atoms. The molecule has 3 N–H and O–H groups in total. The number of carbonyl (C=O) groups is 1. The molecule has 0 saturated heterocycles. The Balaban J connectivity index is 1.97. The van der Waals surface area contributed by atoms with Crippen molar-refractivity contribution in [2.75, 3.05) is 0 Å². The summed E-state index contributed by atoms with van der Waals surface area (Å²) in [6, 6.07) is 0.406. The molecule has 0 radical (unpaired) electrons. The van der Waals surface area contributed by atoms with E-state index in [0.29, 0.717) is 12.0 Å². The van der Waals surface area contributed by atoms with Gasteiger partial charge in [-0.15, -0.1) is 0 Å². The monoisotopic (exact) mass is 252 g/mol. The van der Waals surface area contributed by atoms with Crippen LogP contribution >= 0.6 is 0 Å². The van der Waals surface area contributed by atoms with E-state index in [0.717, 1.165) is 25.7 Å². The summed E-state index contributed by atoms with van der Waals surface area (Å²) in [5.41, 5.74) is 5.80. The molecule has 2 fully saturated rings. The molecule has 0 aromatic rings. The highest BCUT2D eigenvalue weighted by Crippen LogP contribution is 2.37. The molecule has 1 amide bonds. The van der Waals surface area contributed by atoms with Gasteiger partial charge in [0.15, 0.2) is 0 Å². The third-order valence-electron chi connectivity index (χ3n) is 5.23. The zero-order valence-electron chi connectivity index (χ0n) is 11.9. The second kappa shape index (κ2) is 5.60. The van der Waals surface area contributed by atoms with E-state index in [9.17, 15) is 4.79 Å². The van der Waals surface area contributed by atoms with Gasteiger partial charge in [-0.2, -0.15) is 0 Å².